The number of carbonyl (C=O) groups excluding carboxylic acids is 1. The second kappa shape index (κ2) is 3.87. The molecule has 0 amide bonds. The Kier molecular flexibility index (Phi) is 3.07. The lowest BCUT2D eigenvalue weighted by Gasteiger charge is -1.93. The minimum Gasteiger partial charge on any atom is -0.451 e. The summed E-state index contributed by atoms with van der Waals surface area (Å²) in [6, 6.07) is 1.64. The first-order valence-corrected chi connectivity index (χ1v) is 4.78. The number of esters is 1. The van der Waals surface area contributed by atoms with Gasteiger partial charge in [0, 0.05) is 6.20 Å². The van der Waals surface area contributed by atoms with Crippen LogP contribution < -0.4 is 0 Å². The monoisotopic (exact) mass is 269 g/mol. The van der Waals surface area contributed by atoms with Crippen LogP contribution >= 0.6 is 34.1 Å². The van der Waals surface area contributed by atoms with Crippen LogP contribution in [0.3, 0.4) is 0 Å². The Bertz CT molecular complexity index is 211. The number of halogens is 1. The highest BCUT2D eigenvalue weighted by Crippen LogP contribution is 2.06. The molecule has 0 saturated heterocycles. The molecule has 0 saturated carbocycles. The predicted octanol–water partition coefficient (Wildman–Crippen LogP) is 1.69. The molecular formula is C5H4INO2S. The number of rotatable bonds is 2. The van der Waals surface area contributed by atoms with Crippen LogP contribution in [0.1, 0.15) is 9.67 Å². The molecule has 1 aromatic heterocycles. The molecule has 0 atom stereocenters. The van der Waals surface area contributed by atoms with E-state index in [9.17, 15) is 4.79 Å². The summed E-state index contributed by atoms with van der Waals surface area (Å²) in [7, 11) is 0. The van der Waals surface area contributed by atoms with Crippen molar-refractivity contribution >= 4 is 40.1 Å². The first-order chi connectivity index (χ1) is 4.84. The Hall–Kier alpha value is -0.170. The van der Waals surface area contributed by atoms with Gasteiger partial charge in [-0.2, -0.15) is 0 Å². The van der Waals surface area contributed by atoms with Crippen LogP contribution in [0.4, 0.5) is 0 Å². The molecule has 0 spiro atoms. The van der Waals surface area contributed by atoms with Gasteiger partial charge in [0.25, 0.3) is 0 Å². The molecule has 0 bridgehead atoms. The lowest BCUT2D eigenvalue weighted by atomic mass is 10.5. The molecule has 0 unspecified atom stereocenters. The third kappa shape index (κ3) is 1.91. The highest BCUT2D eigenvalue weighted by Gasteiger charge is 2.06. The van der Waals surface area contributed by atoms with Gasteiger partial charge in [-0.05, 0) is 40.2 Å². The normalized spacial score (nSPS) is 9.30. The Morgan fingerprint density at radius 3 is 3.20 bits per heavy atom. The van der Waals surface area contributed by atoms with Crippen molar-refractivity contribution in [1.29, 1.82) is 0 Å². The third-order valence-corrected chi connectivity index (χ3v) is 1.86. The van der Waals surface area contributed by atoms with Crippen molar-refractivity contribution in [2.24, 2.45) is 0 Å². The Labute approximate surface area is 75.7 Å². The van der Waals surface area contributed by atoms with Gasteiger partial charge < -0.3 is 4.74 Å². The standard InChI is InChI=1S/C5H4INO2S/c6-3-9-5(8)4-1-2-7-10-4/h1-2H,3H2. The summed E-state index contributed by atoms with van der Waals surface area (Å²) >= 11 is 3.11. The quantitative estimate of drug-likeness (QED) is 0.466. The van der Waals surface area contributed by atoms with Crippen molar-refractivity contribution in [1.82, 2.24) is 4.37 Å². The molecule has 1 aromatic rings. The van der Waals surface area contributed by atoms with E-state index >= 15 is 0 Å². The van der Waals surface area contributed by atoms with E-state index in [0.717, 1.165) is 11.5 Å². The minimum absolute atomic E-state index is 0.295. The van der Waals surface area contributed by atoms with Gasteiger partial charge in [0.1, 0.15) is 9.49 Å². The molecule has 0 aliphatic rings. The minimum atomic E-state index is -0.295. The molecule has 0 radical (unpaired) electrons. The molecule has 0 aliphatic carbocycles. The maximum Gasteiger partial charge on any atom is 0.350 e. The second-order valence-electron chi connectivity index (χ2n) is 1.42. The van der Waals surface area contributed by atoms with Gasteiger partial charge in [-0.3, -0.25) is 0 Å². The van der Waals surface area contributed by atoms with E-state index in [1.54, 1.807) is 12.3 Å². The van der Waals surface area contributed by atoms with Crippen molar-refractivity contribution in [3.63, 3.8) is 0 Å². The summed E-state index contributed by atoms with van der Waals surface area (Å²) in [4.78, 5) is 11.4. The molecular weight excluding hydrogens is 265 g/mol. The highest BCUT2D eigenvalue weighted by atomic mass is 127. The topological polar surface area (TPSA) is 39.2 Å². The lowest BCUT2D eigenvalue weighted by Crippen LogP contribution is -1.99. The SMILES string of the molecule is O=C(OCI)c1ccns1. The number of aromatic nitrogens is 1. The average molecular weight is 269 g/mol. The average Bonchev–Trinajstić information content (AvgIpc) is 2.38. The number of alkyl halides is 1. The fraction of sp³-hybridized carbons (Fsp3) is 0.200. The van der Waals surface area contributed by atoms with Crippen LogP contribution in [0.5, 0.6) is 0 Å². The molecule has 5 heteroatoms. The van der Waals surface area contributed by atoms with E-state index in [2.05, 4.69) is 4.37 Å². The summed E-state index contributed by atoms with van der Waals surface area (Å²) in [5.74, 6) is -0.295. The number of hydrogen-bond donors (Lipinski definition) is 0. The second-order valence-corrected chi connectivity index (χ2v) is 2.87. The highest BCUT2D eigenvalue weighted by molar-refractivity contribution is 14.1. The first kappa shape index (κ1) is 7.93. The molecule has 1 heterocycles. The zero-order valence-electron chi connectivity index (χ0n) is 4.91. The van der Waals surface area contributed by atoms with Gasteiger partial charge in [0.2, 0.25) is 0 Å². The third-order valence-electron chi connectivity index (χ3n) is 0.825. The molecule has 0 N–H and O–H groups in total. The van der Waals surface area contributed by atoms with Crippen LogP contribution in [-0.2, 0) is 4.74 Å². The molecule has 10 heavy (non-hydrogen) atoms. The Balaban J connectivity index is 2.59. The van der Waals surface area contributed by atoms with Crippen molar-refractivity contribution in [3.8, 4) is 0 Å². The van der Waals surface area contributed by atoms with E-state index in [-0.39, 0.29) is 5.97 Å². The van der Waals surface area contributed by atoms with Crippen LogP contribution in [-0.4, -0.2) is 15.0 Å². The molecule has 0 aromatic carbocycles. The summed E-state index contributed by atoms with van der Waals surface area (Å²) < 4.78 is 8.85. The van der Waals surface area contributed by atoms with E-state index < -0.39 is 0 Å². The van der Waals surface area contributed by atoms with Crippen molar-refractivity contribution in [2.75, 3.05) is 4.61 Å². The van der Waals surface area contributed by atoms with Crippen molar-refractivity contribution in [3.05, 3.63) is 17.1 Å². The fourth-order valence-corrected chi connectivity index (χ4v) is 1.22. The van der Waals surface area contributed by atoms with Crippen molar-refractivity contribution in [2.45, 2.75) is 0 Å². The van der Waals surface area contributed by atoms with Gasteiger partial charge in [-0.1, -0.05) is 0 Å². The van der Waals surface area contributed by atoms with Crippen LogP contribution in [0, 0.1) is 0 Å². The van der Waals surface area contributed by atoms with Crippen LogP contribution in [0.2, 0.25) is 0 Å². The largest absolute Gasteiger partial charge is 0.451 e. The Morgan fingerprint density at radius 2 is 2.70 bits per heavy atom. The van der Waals surface area contributed by atoms with E-state index in [0.29, 0.717) is 9.49 Å². The van der Waals surface area contributed by atoms with Gasteiger partial charge in [-0.15, -0.1) is 0 Å². The molecule has 1 rings (SSSR count). The van der Waals surface area contributed by atoms with Gasteiger partial charge in [0.05, 0.1) is 0 Å². The van der Waals surface area contributed by atoms with Crippen LogP contribution in [0.15, 0.2) is 12.3 Å². The number of nitrogens with zero attached hydrogens (tertiary/aromatic N) is 1. The maximum atomic E-state index is 10.8. The summed E-state index contributed by atoms with van der Waals surface area (Å²) in [6.07, 6.45) is 1.58. The predicted molar refractivity (Wildman–Crippen MR) is 46.4 cm³/mol. The Morgan fingerprint density at radius 1 is 1.90 bits per heavy atom. The molecule has 0 fully saturated rings. The molecule has 54 valence electrons. The molecule has 0 aliphatic heterocycles. The maximum absolute atomic E-state index is 10.8. The van der Waals surface area contributed by atoms with Gasteiger partial charge >= 0.3 is 5.97 Å². The number of ether oxygens (including phenoxy) is 1. The first-order valence-electron chi connectivity index (χ1n) is 2.48. The summed E-state index contributed by atoms with van der Waals surface area (Å²) in [5, 5.41) is 0. The van der Waals surface area contributed by atoms with Crippen LogP contribution in [0.25, 0.3) is 0 Å². The number of carbonyl (C=O) groups is 1. The van der Waals surface area contributed by atoms with E-state index in [4.69, 9.17) is 4.74 Å². The zero-order valence-corrected chi connectivity index (χ0v) is 7.89. The van der Waals surface area contributed by atoms with E-state index in [1.165, 1.54) is 0 Å². The summed E-state index contributed by atoms with van der Waals surface area (Å²) in [6.45, 7) is 0. The lowest BCUT2D eigenvalue weighted by molar-refractivity contribution is 0.0596. The molecule has 3 nitrogen and oxygen atoms in total. The van der Waals surface area contributed by atoms with Gasteiger partial charge in [0.15, 0.2) is 0 Å². The fourth-order valence-electron chi connectivity index (χ4n) is 0.442. The zero-order chi connectivity index (χ0) is 7.40. The van der Waals surface area contributed by atoms with Crippen molar-refractivity contribution < 1.29 is 9.53 Å². The summed E-state index contributed by atoms with van der Waals surface area (Å²) in [5.41, 5.74) is 0. The number of hydrogen-bond acceptors (Lipinski definition) is 4. The smallest absolute Gasteiger partial charge is 0.350 e. The van der Waals surface area contributed by atoms with E-state index in [1.807, 2.05) is 22.6 Å². The van der Waals surface area contributed by atoms with Gasteiger partial charge in [-0.25, -0.2) is 9.17 Å².